The zero-order valence-corrected chi connectivity index (χ0v) is 8.79. The van der Waals surface area contributed by atoms with Gasteiger partial charge in [-0.15, -0.1) is 0 Å². The highest BCUT2D eigenvalue weighted by Gasteiger charge is 2.47. The normalized spacial score (nSPS) is 23.6. The molecule has 2 aromatic heterocycles. The van der Waals surface area contributed by atoms with Crippen molar-refractivity contribution < 1.29 is 9.90 Å². The van der Waals surface area contributed by atoms with Gasteiger partial charge in [0, 0.05) is 19.2 Å². The second-order valence-corrected chi connectivity index (χ2v) is 4.16. The number of hydrogen-bond acceptors (Lipinski definition) is 3. The van der Waals surface area contributed by atoms with Gasteiger partial charge in [0.05, 0.1) is 11.4 Å². The molecule has 1 fully saturated rings. The Morgan fingerprint density at radius 1 is 1.62 bits per heavy atom. The molecule has 3 rings (SSSR count). The summed E-state index contributed by atoms with van der Waals surface area (Å²) in [6, 6.07) is 3.80. The van der Waals surface area contributed by atoms with Crippen molar-refractivity contribution in [2.75, 3.05) is 0 Å². The van der Waals surface area contributed by atoms with Crippen LogP contribution in [0.1, 0.15) is 18.2 Å². The molecule has 0 aliphatic heterocycles. The van der Waals surface area contributed by atoms with Crippen LogP contribution in [-0.4, -0.2) is 25.6 Å². The van der Waals surface area contributed by atoms with Gasteiger partial charge in [-0.3, -0.25) is 4.79 Å². The number of hydrogen-bond donors (Lipinski definition) is 1. The fourth-order valence-electron chi connectivity index (χ4n) is 2.13. The zero-order chi connectivity index (χ0) is 11.3. The monoisotopic (exact) mass is 217 g/mol. The maximum absolute atomic E-state index is 10.8. The van der Waals surface area contributed by atoms with E-state index in [-0.39, 0.29) is 11.8 Å². The Bertz CT molecular complexity index is 576. The molecule has 0 spiro atoms. The van der Waals surface area contributed by atoms with Gasteiger partial charge in [-0.1, -0.05) is 0 Å². The summed E-state index contributed by atoms with van der Waals surface area (Å²) >= 11 is 0. The number of aryl methyl sites for hydroxylation is 1. The van der Waals surface area contributed by atoms with Gasteiger partial charge >= 0.3 is 5.97 Å². The summed E-state index contributed by atoms with van der Waals surface area (Å²) < 4.78 is 1.94. The van der Waals surface area contributed by atoms with E-state index in [1.165, 1.54) is 0 Å². The average Bonchev–Trinajstić information content (AvgIpc) is 3.00. The number of imidazole rings is 1. The van der Waals surface area contributed by atoms with Crippen LogP contribution in [0.15, 0.2) is 18.3 Å². The number of rotatable bonds is 2. The maximum atomic E-state index is 10.8. The Morgan fingerprint density at radius 2 is 2.44 bits per heavy atom. The third kappa shape index (κ3) is 1.21. The van der Waals surface area contributed by atoms with Crippen LogP contribution in [0.25, 0.3) is 11.2 Å². The summed E-state index contributed by atoms with van der Waals surface area (Å²) in [5.41, 5.74) is 1.64. The lowest BCUT2D eigenvalue weighted by Crippen LogP contribution is -2.02. The lowest BCUT2D eigenvalue weighted by molar-refractivity contribution is -0.138. The molecule has 2 aromatic rings. The van der Waals surface area contributed by atoms with Crippen molar-refractivity contribution in [1.82, 2.24) is 14.5 Å². The number of nitrogens with zero attached hydrogens (tertiary/aromatic N) is 3. The third-order valence-electron chi connectivity index (χ3n) is 3.13. The first-order valence-corrected chi connectivity index (χ1v) is 5.18. The molecule has 82 valence electrons. The second kappa shape index (κ2) is 3.04. The predicted molar refractivity (Wildman–Crippen MR) is 57.0 cm³/mol. The Morgan fingerprint density at radius 3 is 3.06 bits per heavy atom. The fourth-order valence-corrected chi connectivity index (χ4v) is 2.13. The highest BCUT2D eigenvalue weighted by Crippen LogP contribution is 2.47. The lowest BCUT2D eigenvalue weighted by Gasteiger charge is -1.99. The molecule has 2 atom stereocenters. The Balaban J connectivity index is 2.06. The summed E-state index contributed by atoms with van der Waals surface area (Å²) in [6.07, 6.45) is 2.38. The van der Waals surface area contributed by atoms with Crippen LogP contribution < -0.4 is 0 Å². The average molecular weight is 217 g/mol. The van der Waals surface area contributed by atoms with Crippen LogP contribution in [0.2, 0.25) is 0 Å². The molecule has 1 aliphatic carbocycles. The van der Waals surface area contributed by atoms with Crippen molar-refractivity contribution >= 4 is 17.1 Å². The molecular formula is C11H11N3O2. The number of carboxylic acid groups (broad SMARTS) is 1. The second-order valence-electron chi connectivity index (χ2n) is 4.16. The summed E-state index contributed by atoms with van der Waals surface area (Å²) in [5, 5.41) is 8.90. The van der Waals surface area contributed by atoms with Gasteiger partial charge in [-0.05, 0) is 18.6 Å². The van der Waals surface area contributed by atoms with Gasteiger partial charge in [-0.2, -0.15) is 0 Å². The molecule has 5 heteroatoms. The first-order valence-electron chi connectivity index (χ1n) is 5.18. The van der Waals surface area contributed by atoms with Gasteiger partial charge in [0.15, 0.2) is 5.65 Å². The minimum Gasteiger partial charge on any atom is -0.481 e. The molecule has 0 radical (unpaired) electrons. The van der Waals surface area contributed by atoms with Crippen molar-refractivity contribution in [3.63, 3.8) is 0 Å². The summed E-state index contributed by atoms with van der Waals surface area (Å²) in [5.74, 6) is -0.113. The van der Waals surface area contributed by atoms with E-state index in [0.717, 1.165) is 11.3 Å². The third-order valence-corrected chi connectivity index (χ3v) is 3.13. The number of carbonyl (C=O) groups is 1. The van der Waals surface area contributed by atoms with Crippen LogP contribution in [0, 0.1) is 5.92 Å². The first kappa shape index (κ1) is 9.33. The Labute approximate surface area is 91.7 Å². The van der Waals surface area contributed by atoms with Crippen molar-refractivity contribution in [1.29, 1.82) is 0 Å². The number of aliphatic carboxylic acids is 1. The Kier molecular flexibility index (Phi) is 1.77. The molecule has 0 saturated heterocycles. The minimum absolute atomic E-state index is 0.0525. The van der Waals surface area contributed by atoms with Crippen LogP contribution >= 0.6 is 0 Å². The highest BCUT2D eigenvalue weighted by atomic mass is 16.4. The number of pyridine rings is 1. The van der Waals surface area contributed by atoms with E-state index in [1.807, 2.05) is 23.7 Å². The van der Waals surface area contributed by atoms with Crippen LogP contribution in [0.3, 0.4) is 0 Å². The van der Waals surface area contributed by atoms with E-state index in [0.29, 0.717) is 12.1 Å². The molecule has 16 heavy (non-hydrogen) atoms. The molecule has 1 aliphatic rings. The molecule has 0 aromatic carbocycles. The topological polar surface area (TPSA) is 68.0 Å². The summed E-state index contributed by atoms with van der Waals surface area (Å²) in [7, 11) is 1.91. The molecule has 2 unspecified atom stereocenters. The number of fused-ring (bicyclic) bond motifs is 1. The number of carboxylic acids is 1. The summed E-state index contributed by atoms with van der Waals surface area (Å²) in [4.78, 5) is 19.4. The van der Waals surface area contributed by atoms with Gasteiger partial charge in [-0.25, -0.2) is 9.97 Å². The van der Waals surface area contributed by atoms with Crippen LogP contribution in [0.5, 0.6) is 0 Å². The largest absolute Gasteiger partial charge is 0.481 e. The quantitative estimate of drug-likeness (QED) is 0.819. The van der Waals surface area contributed by atoms with Crippen LogP contribution in [-0.2, 0) is 11.8 Å². The van der Waals surface area contributed by atoms with E-state index in [2.05, 4.69) is 9.97 Å². The zero-order valence-electron chi connectivity index (χ0n) is 8.79. The molecule has 1 saturated carbocycles. The lowest BCUT2D eigenvalue weighted by atomic mass is 10.3. The van der Waals surface area contributed by atoms with Crippen molar-refractivity contribution in [2.45, 2.75) is 12.3 Å². The minimum atomic E-state index is -0.731. The Hall–Kier alpha value is -1.91. The molecule has 0 amide bonds. The molecule has 0 bridgehead atoms. The molecule has 1 N–H and O–H groups in total. The summed E-state index contributed by atoms with van der Waals surface area (Å²) in [6.45, 7) is 0. The van der Waals surface area contributed by atoms with E-state index in [1.54, 1.807) is 6.20 Å². The maximum Gasteiger partial charge on any atom is 0.307 e. The van der Waals surface area contributed by atoms with E-state index < -0.39 is 5.97 Å². The van der Waals surface area contributed by atoms with Gasteiger partial charge in [0.2, 0.25) is 0 Å². The van der Waals surface area contributed by atoms with Gasteiger partial charge in [0.25, 0.3) is 0 Å². The van der Waals surface area contributed by atoms with Crippen LogP contribution in [0.4, 0.5) is 0 Å². The van der Waals surface area contributed by atoms with Crippen molar-refractivity contribution in [3.8, 4) is 0 Å². The van der Waals surface area contributed by atoms with Gasteiger partial charge in [0.1, 0.15) is 5.82 Å². The van der Waals surface area contributed by atoms with Crippen molar-refractivity contribution in [3.05, 3.63) is 24.2 Å². The number of aromatic nitrogens is 3. The molecule has 2 heterocycles. The van der Waals surface area contributed by atoms with Gasteiger partial charge < -0.3 is 9.67 Å². The fraction of sp³-hybridized carbons (Fsp3) is 0.364. The molecule has 5 nitrogen and oxygen atoms in total. The SMILES string of the molecule is Cn1c(C2CC2C(=O)O)nc2ncccc21. The predicted octanol–water partition coefficient (Wildman–Crippen LogP) is 1.16. The first-order chi connectivity index (χ1) is 7.68. The standard InChI is InChI=1S/C11H11N3O2/c1-14-8-3-2-4-12-9(8)13-10(14)6-5-7(6)11(15)16/h2-4,6-7H,5H2,1H3,(H,15,16). The smallest absolute Gasteiger partial charge is 0.307 e. The highest BCUT2D eigenvalue weighted by molar-refractivity contribution is 5.76. The molecular weight excluding hydrogens is 206 g/mol. The van der Waals surface area contributed by atoms with E-state index >= 15 is 0 Å². The van der Waals surface area contributed by atoms with Crippen molar-refractivity contribution in [2.24, 2.45) is 13.0 Å². The van der Waals surface area contributed by atoms with E-state index in [9.17, 15) is 4.79 Å². The van der Waals surface area contributed by atoms with E-state index in [4.69, 9.17) is 5.11 Å².